The van der Waals surface area contributed by atoms with E-state index in [9.17, 15) is 4.79 Å². The largest absolute Gasteiger partial charge is 0.459 e. The monoisotopic (exact) mass is 347 g/mol. The van der Waals surface area contributed by atoms with Crippen molar-refractivity contribution in [3.05, 3.63) is 66.2 Å². The van der Waals surface area contributed by atoms with Crippen LogP contribution in [0.3, 0.4) is 0 Å². The zero-order chi connectivity index (χ0) is 18.1. The van der Waals surface area contributed by atoms with Gasteiger partial charge in [-0.15, -0.1) is 0 Å². The van der Waals surface area contributed by atoms with Crippen molar-refractivity contribution in [2.45, 2.75) is 25.8 Å². The number of benzene rings is 2. The van der Waals surface area contributed by atoms with Gasteiger partial charge in [0.15, 0.2) is 0 Å². The second-order valence-electron chi connectivity index (χ2n) is 6.57. The van der Waals surface area contributed by atoms with Crippen molar-refractivity contribution in [3.8, 4) is 0 Å². The van der Waals surface area contributed by atoms with E-state index in [-0.39, 0.29) is 11.9 Å². The average Bonchev–Trinajstić information content (AvgIpc) is 3.28. The lowest BCUT2D eigenvalue weighted by Crippen LogP contribution is -2.29. The van der Waals surface area contributed by atoms with E-state index in [0.717, 1.165) is 33.6 Å². The molecule has 0 aliphatic rings. The predicted octanol–water partition coefficient (Wildman–Crippen LogP) is 4.46. The quantitative estimate of drug-likeness (QED) is 0.580. The zero-order valence-corrected chi connectivity index (χ0v) is 14.9. The third-order valence-corrected chi connectivity index (χ3v) is 4.84. The Balaban J connectivity index is 1.43. The van der Waals surface area contributed by atoms with Crippen LogP contribution in [0.25, 0.3) is 22.0 Å². The number of amides is 1. The number of furan rings is 1. The van der Waals surface area contributed by atoms with Gasteiger partial charge in [-0.3, -0.25) is 4.79 Å². The van der Waals surface area contributed by atoms with Gasteiger partial charge in [-0.1, -0.05) is 30.3 Å². The molecule has 0 saturated heterocycles. The van der Waals surface area contributed by atoms with Crippen LogP contribution >= 0.6 is 0 Å². The van der Waals surface area contributed by atoms with Gasteiger partial charge in [-0.25, -0.2) is 4.98 Å². The van der Waals surface area contributed by atoms with Crippen molar-refractivity contribution < 1.29 is 9.21 Å². The molecule has 1 amide bonds. The standard InChI is InChI=1S/C21H21N3O2/c1-14(19-13-15-7-3-6-10-18(15)26-19)24(2)21(25)12-11-20-22-16-8-4-5-9-17(16)23-20/h3-10,13-14H,11-12H2,1-2H3,(H,22,23). The number of para-hydroxylation sites is 3. The Bertz CT molecular complexity index is 997. The first-order valence-corrected chi connectivity index (χ1v) is 8.79. The summed E-state index contributed by atoms with van der Waals surface area (Å²) in [4.78, 5) is 22.1. The van der Waals surface area contributed by atoms with Gasteiger partial charge in [0.2, 0.25) is 5.91 Å². The molecule has 2 heterocycles. The molecule has 2 aromatic carbocycles. The fraction of sp³-hybridized carbons (Fsp3) is 0.238. The molecule has 132 valence electrons. The van der Waals surface area contributed by atoms with E-state index in [1.165, 1.54) is 0 Å². The Morgan fingerprint density at radius 2 is 1.96 bits per heavy atom. The molecule has 5 nitrogen and oxygen atoms in total. The minimum Gasteiger partial charge on any atom is -0.459 e. The number of H-pyrrole nitrogens is 1. The van der Waals surface area contributed by atoms with Crippen LogP contribution in [0.15, 0.2) is 59.0 Å². The number of aromatic nitrogens is 2. The highest BCUT2D eigenvalue weighted by molar-refractivity contribution is 5.79. The third kappa shape index (κ3) is 3.08. The summed E-state index contributed by atoms with van der Waals surface area (Å²) in [5.74, 6) is 1.70. The molecule has 1 N–H and O–H groups in total. The summed E-state index contributed by atoms with van der Waals surface area (Å²) in [5, 5.41) is 1.05. The highest BCUT2D eigenvalue weighted by Crippen LogP contribution is 2.27. The van der Waals surface area contributed by atoms with E-state index >= 15 is 0 Å². The van der Waals surface area contributed by atoms with Gasteiger partial charge in [0.05, 0.1) is 17.1 Å². The Morgan fingerprint density at radius 1 is 1.19 bits per heavy atom. The summed E-state index contributed by atoms with van der Waals surface area (Å²) in [7, 11) is 1.82. The highest BCUT2D eigenvalue weighted by atomic mass is 16.3. The van der Waals surface area contributed by atoms with Crippen molar-refractivity contribution in [3.63, 3.8) is 0 Å². The second kappa shape index (κ2) is 6.67. The smallest absolute Gasteiger partial charge is 0.223 e. The first-order chi connectivity index (χ1) is 12.6. The van der Waals surface area contributed by atoms with Gasteiger partial charge in [0.1, 0.15) is 17.2 Å². The zero-order valence-electron chi connectivity index (χ0n) is 14.9. The molecular formula is C21H21N3O2. The minimum absolute atomic E-state index is 0.0680. The van der Waals surface area contributed by atoms with Gasteiger partial charge in [-0.05, 0) is 31.2 Å². The van der Waals surface area contributed by atoms with E-state index < -0.39 is 0 Å². The molecule has 1 unspecified atom stereocenters. The molecular weight excluding hydrogens is 326 g/mol. The Kier molecular flexibility index (Phi) is 4.21. The Labute approximate surface area is 151 Å². The van der Waals surface area contributed by atoms with E-state index in [1.54, 1.807) is 4.90 Å². The van der Waals surface area contributed by atoms with Crippen LogP contribution in [-0.2, 0) is 11.2 Å². The molecule has 4 rings (SSSR count). The van der Waals surface area contributed by atoms with Crippen molar-refractivity contribution >= 4 is 27.9 Å². The van der Waals surface area contributed by atoms with Crippen molar-refractivity contribution in [1.82, 2.24) is 14.9 Å². The van der Waals surface area contributed by atoms with Gasteiger partial charge < -0.3 is 14.3 Å². The number of aryl methyl sites for hydroxylation is 1. The molecule has 0 fully saturated rings. The van der Waals surface area contributed by atoms with E-state index in [1.807, 2.05) is 68.6 Å². The van der Waals surface area contributed by atoms with Gasteiger partial charge in [0.25, 0.3) is 0 Å². The lowest BCUT2D eigenvalue weighted by molar-refractivity contribution is -0.132. The third-order valence-electron chi connectivity index (χ3n) is 4.84. The van der Waals surface area contributed by atoms with Crippen molar-refractivity contribution in [2.75, 3.05) is 7.05 Å². The number of hydrogen-bond acceptors (Lipinski definition) is 3. The average molecular weight is 347 g/mol. The van der Waals surface area contributed by atoms with Crippen LogP contribution < -0.4 is 0 Å². The Hall–Kier alpha value is -3.08. The summed E-state index contributed by atoms with van der Waals surface area (Å²) < 4.78 is 5.89. The second-order valence-corrected chi connectivity index (χ2v) is 6.57. The summed E-state index contributed by atoms with van der Waals surface area (Å²) >= 11 is 0. The minimum atomic E-state index is -0.120. The molecule has 2 aromatic heterocycles. The van der Waals surface area contributed by atoms with Crippen LogP contribution in [0.2, 0.25) is 0 Å². The lowest BCUT2D eigenvalue weighted by Gasteiger charge is -2.23. The summed E-state index contributed by atoms with van der Waals surface area (Å²) in [5.41, 5.74) is 2.77. The molecule has 0 aliphatic carbocycles. The van der Waals surface area contributed by atoms with Crippen molar-refractivity contribution in [1.29, 1.82) is 0 Å². The number of nitrogens with zero attached hydrogens (tertiary/aromatic N) is 2. The molecule has 0 radical (unpaired) electrons. The fourth-order valence-corrected chi connectivity index (χ4v) is 3.14. The molecule has 5 heteroatoms. The summed E-state index contributed by atoms with van der Waals surface area (Å²) in [6, 6.07) is 17.6. The number of carbonyl (C=O) groups is 1. The number of hydrogen-bond donors (Lipinski definition) is 1. The number of aromatic amines is 1. The molecule has 0 bridgehead atoms. The van der Waals surface area contributed by atoms with E-state index in [2.05, 4.69) is 9.97 Å². The summed E-state index contributed by atoms with van der Waals surface area (Å²) in [6.45, 7) is 1.98. The number of carbonyl (C=O) groups excluding carboxylic acids is 1. The fourth-order valence-electron chi connectivity index (χ4n) is 3.14. The van der Waals surface area contributed by atoms with Crippen LogP contribution in [0.4, 0.5) is 0 Å². The molecule has 0 saturated carbocycles. The Morgan fingerprint density at radius 3 is 2.77 bits per heavy atom. The number of fused-ring (bicyclic) bond motifs is 2. The lowest BCUT2D eigenvalue weighted by atomic mass is 10.2. The van der Waals surface area contributed by atoms with E-state index in [4.69, 9.17) is 4.42 Å². The topological polar surface area (TPSA) is 62.1 Å². The molecule has 0 spiro atoms. The predicted molar refractivity (Wildman–Crippen MR) is 102 cm³/mol. The molecule has 0 aliphatic heterocycles. The van der Waals surface area contributed by atoms with Gasteiger partial charge in [0, 0.05) is 25.3 Å². The molecule has 26 heavy (non-hydrogen) atoms. The first-order valence-electron chi connectivity index (χ1n) is 8.79. The number of nitrogens with one attached hydrogen (secondary N) is 1. The normalized spacial score (nSPS) is 12.5. The maximum Gasteiger partial charge on any atom is 0.223 e. The van der Waals surface area contributed by atoms with E-state index in [0.29, 0.717) is 12.8 Å². The van der Waals surface area contributed by atoms with Crippen LogP contribution in [0, 0.1) is 0 Å². The number of imidazole rings is 1. The maximum atomic E-state index is 12.6. The molecule has 4 aromatic rings. The van der Waals surface area contributed by atoms with Crippen molar-refractivity contribution in [2.24, 2.45) is 0 Å². The van der Waals surface area contributed by atoms with Gasteiger partial charge >= 0.3 is 0 Å². The highest BCUT2D eigenvalue weighted by Gasteiger charge is 2.21. The first kappa shape index (κ1) is 16.4. The van der Waals surface area contributed by atoms with Gasteiger partial charge in [-0.2, -0.15) is 0 Å². The summed E-state index contributed by atoms with van der Waals surface area (Å²) in [6.07, 6.45) is 0.992. The SMILES string of the molecule is CC(c1cc2ccccc2o1)N(C)C(=O)CCc1nc2ccccc2[nH]1. The molecule has 1 atom stereocenters. The maximum absolute atomic E-state index is 12.6. The number of rotatable bonds is 5. The van der Waals surface area contributed by atoms with Crippen LogP contribution in [0.5, 0.6) is 0 Å². The van der Waals surface area contributed by atoms with Crippen LogP contribution in [-0.4, -0.2) is 27.8 Å². The van der Waals surface area contributed by atoms with Crippen LogP contribution in [0.1, 0.15) is 31.0 Å².